The van der Waals surface area contributed by atoms with Gasteiger partial charge in [0, 0.05) is 44.0 Å². The number of alkyl halides is 2. The Morgan fingerprint density at radius 3 is 2.68 bits per heavy atom. The van der Waals surface area contributed by atoms with Gasteiger partial charge in [-0.05, 0) is 12.8 Å². The first-order valence-electron chi connectivity index (χ1n) is 10.3. The lowest BCUT2D eigenvalue weighted by atomic mass is 10.0. The van der Waals surface area contributed by atoms with Crippen molar-refractivity contribution in [2.24, 2.45) is 16.5 Å². The summed E-state index contributed by atoms with van der Waals surface area (Å²) >= 11 is 0. The summed E-state index contributed by atoms with van der Waals surface area (Å²) < 4.78 is 27.2. The van der Waals surface area contributed by atoms with Crippen molar-refractivity contribution in [3.8, 4) is 0 Å². The molecule has 31 heavy (non-hydrogen) atoms. The predicted molar refractivity (Wildman–Crippen MR) is 110 cm³/mol. The number of halogens is 2. The van der Waals surface area contributed by atoms with Crippen LogP contribution in [0, 0.1) is 0 Å². The maximum absolute atomic E-state index is 13.6. The molecule has 4 N–H and O–H groups in total. The van der Waals surface area contributed by atoms with Crippen LogP contribution in [-0.4, -0.2) is 71.0 Å². The van der Waals surface area contributed by atoms with Gasteiger partial charge >= 0.3 is 0 Å². The molecule has 0 spiro atoms. The summed E-state index contributed by atoms with van der Waals surface area (Å²) in [5.74, 6) is -4.14. The molecular weight excluding hydrogens is 408 g/mol. The number of amidine groups is 1. The van der Waals surface area contributed by atoms with Crippen molar-refractivity contribution in [3.63, 3.8) is 0 Å². The zero-order valence-corrected chi connectivity index (χ0v) is 17.2. The van der Waals surface area contributed by atoms with Crippen LogP contribution in [0.15, 0.2) is 35.3 Å². The fraction of sp³-hybridized carbons (Fsp3) is 0.524. The maximum Gasteiger partial charge on any atom is 0.270 e. The second-order valence-corrected chi connectivity index (χ2v) is 8.04. The summed E-state index contributed by atoms with van der Waals surface area (Å²) in [6.07, 6.45) is 0.228. The van der Waals surface area contributed by atoms with E-state index in [0.29, 0.717) is 24.9 Å². The van der Waals surface area contributed by atoms with Crippen molar-refractivity contribution in [2.45, 2.75) is 50.1 Å². The number of nitrogens with two attached hydrogens (primary N) is 2. The van der Waals surface area contributed by atoms with Crippen molar-refractivity contribution in [1.29, 1.82) is 0 Å². The summed E-state index contributed by atoms with van der Waals surface area (Å²) in [6, 6.07) is 7.29. The lowest BCUT2D eigenvalue weighted by Gasteiger charge is -2.34. The van der Waals surface area contributed by atoms with E-state index in [1.807, 2.05) is 6.07 Å². The molecule has 10 heteroatoms. The molecule has 2 fully saturated rings. The van der Waals surface area contributed by atoms with Crippen LogP contribution >= 0.6 is 0 Å². The minimum atomic E-state index is -2.94. The first-order valence-corrected chi connectivity index (χ1v) is 10.3. The van der Waals surface area contributed by atoms with Crippen molar-refractivity contribution >= 4 is 23.6 Å². The highest BCUT2D eigenvalue weighted by atomic mass is 19.3. The van der Waals surface area contributed by atoms with E-state index in [0.717, 1.165) is 4.90 Å². The van der Waals surface area contributed by atoms with Gasteiger partial charge in [0.15, 0.2) is 0 Å². The number of piperidine rings is 1. The molecule has 0 bridgehead atoms. The molecule has 2 aliphatic rings. The molecule has 0 unspecified atom stereocenters. The molecule has 3 amide bonds. The fourth-order valence-electron chi connectivity index (χ4n) is 3.94. The van der Waals surface area contributed by atoms with Gasteiger partial charge in [-0.25, -0.2) is 8.78 Å². The molecule has 2 saturated heterocycles. The van der Waals surface area contributed by atoms with E-state index < -0.39 is 42.8 Å². The van der Waals surface area contributed by atoms with Gasteiger partial charge in [0.1, 0.15) is 11.9 Å². The zero-order valence-electron chi connectivity index (χ0n) is 17.2. The third-order valence-corrected chi connectivity index (χ3v) is 5.53. The lowest BCUT2D eigenvalue weighted by Crippen LogP contribution is -2.51. The van der Waals surface area contributed by atoms with Crippen LogP contribution in [-0.2, 0) is 14.4 Å². The smallest absolute Gasteiger partial charge is 0.270 e. The number of benzene rings is 1. The quantitative estimate of drug-likeness (QED) is 0.508. The Bertz CT molecular complexity index is 862. The summed E-state index contributed by atoms with van der Waals surface area (Å²) in [6.45, 7) is -0.443. The molecular formula is C21H27F2N5O3. The number of rotatable bonds is 6. The minimum Gasteiger partial charge on any atom is -0.383 e. The Kier molecular flexibility index (Phi) is 6.99. The monoisotopic (exact) mass is 435 g/mol. The maximum atomic E-state index is 13.6. The standard InChI is InChI=1S/C21H27F2N5O3/c22-21(23)9-8-17(29)27(13-21)12-15(24)11-18(30)28-10-4-7-16(28)20(31)26-19(25)14-5-2-1-3-6-14/h1-3,5-6,15-16H,4,7-13,24H2,(H2,25,26,31)/t15-,16-/m0/s1. The van der Waals surface area contributed by atoms with Gasteiger partial charge in [-0.3, -0.25) is 14.4 Å². The van der Waals surface area contributed by atoms with E-state index in [2.05, 4.69) is 4.99 Å². The van der Waals surface area contributed by atoms with Gasteiger partial charge in [-0.1, -0.05) is 30.3 Å². The van der Waals surface area contributed by atoms with E-state index in [1.165, 1.54) is 4.90 Å². The topological polar surface area (TPSA) is 122 Å². The van der Waals surface area contributed by atoms with Gasteiger partial charge in [0.2, 0.25) is 11.8 Å². The van der Waals surface area contributed by atoms with Gasteiger partial charge in [0.05, 0.1) is 6.54 Å². The average molecular weight is 435 g/mol. The lowest BCUT2D eigenvalue weighted by molar-refractivity contribution is -0.148. The van der Waals surface area contributed by atoms with Crippen LogP contribution in [0.2, 0.25) is 0 Å². The Hall–Kier alpha value is -2.88. The molecule has 1 aromatic carbocycles. The summed E-state index contributed by atoms with van der Waals surface area (Å²) in [5, 5.41) is 0. The number of nitrogens with zero attached hydrogens (tertiary/aromatic N) is 3. The fourth-order valence-corrected chi connectivity index (χ4v) is 3.94. The van der Waals surface area contributed by atoms with E-state index in [-0.39, 0.29) is 31.1 Å². The number of likely N-dealkylation sites (tertiary alicyclic amines) is 2. The molecule has 168 valence electrons. The third-order valence-electron chi connectivity index (χ3n) is 5.53. The van der Waals surface area contributed by atoms with Crippen molar-refractivity contribution in [2.75, 3.05) is 19.6 Å². The molecule has 1 aromatic rings. The van der Waals surface area contributed by atoms with E-state index in [4.69, 9.17) is 11.5 Å². The number of carbonyl (C=O) groups is 3. The molecule has 2 atom stereocenters. The largest absolute Gasteiger partial charge is 0.383 e. The van der Waals surface area contributed by atoms with Gasteiger partial charge < -0.3 is 21.3 Å². The summed E-state index contributed by atoms with van der Waals surface area (Å²) in [4.78, 5) is 43.6. The Balaban J connectivity index is 1.59. The molecule has 0 saturated carbocycles. The van der Waals surface area contributed by atoms with Crippen molar-refractivity contribution in [3.05, 3.63) is 35.9 Å². The minimum absolute atomic E-state index is 0.0751. The van der Waals surface area contributed by atoms with Crippen LogP contribution in [0.4, 0.5) is 8.78 Å². The predicted octanol–water partition coefficient (Wildman–Crippen LogP) is 0.885. The molecule has 0 aromatic heterocycles. The number of amides is 3. The second-order valence-electron chi connectivity index (χ2n) is 8.04. The first-order chi connectivity index (χ1) is 14.7. The SMILES string of the molecule is NC(=NC(=O)[C@@H]1CCCN1C(=O)C[C@H](N)CN1CC(F)(F)CCC1=O)c1ccccc1. The van der Waals surface area contributed by atoms with Gasteiger partial charge in [-0.15, -0.1) is 0 Å². The molecule has 3 rings (SSSR count). The van der Waals surface area contributed by atoms with Crippen molar-refractivity contribution < 1.29 is 23.2 Å². The second kappa shape index (κ2) is 9.51. The summed E-state index contributed by atoms with van der Waals surface area (Å²) in [5.41, 5.74) is 12.5. The normalized spacial score (nSPS) is 22.5. The zero-order chi connectivity index (χ0) is 22.6. The van der Waals surface area contributed by atoms with Crippen LogP contribution in [0.1, 0.15) is 37.7 Å². The van der Waals surface area contributed by atoms with E-state index >= 15 is 0 Å². The number of hydrogen-bond donors (Lipinski definition) is 2. The highest BCUT2D eigenvalue weighted by molar-refractivity contribution is 6.05. The Morgan fingerprint density at radius 2 is 1.97 bits per heavy atom. The highest BCUT2D eigenvalue weighted by Crippen LogP contribution is 2.27. The van der Waals surface area contributed by atoms with Crippen LogP contribution in [0.5, 0.6) is 0 Å². The Labute approximate surface area is 179 Å². The third kappa shape index (κ3) is 5.84. The Morgan fingerprint density at radius 1 is 1.26 bits per heavy atom. The first kappa shape index (κ1) is 22.8. The van der Waals surface area contributed by atoms with Crippen LogP contribution < -0.4 is 11.5 Å². The number of aliphatic imine (C=N–C) groups is 1. The molecule has 0 aliphatic carbocycles. The van der Waals surface area contributed by atoms with E-state index in [9.17, 15) is 23.2 Å². The van der Waals surface area contributed by atoms with Crippen molar-refractivity contribution in [1.82, 2.24) is 9.80 Å². The van der Waals surface area contributed by atoms with Gasteiger partial charge in [0.25, 0.3) is 11.8 Å². The number of carbonyl (C=O) groups excluding carboxylic acids is 3. The molecule has 2 heterocycles. The number of hydrogen-bond acceptors (Lipinski definition) is 4. The van der Waals surface area contributed by atoms with Crippen LogP contribution in [0.3, 0.4) is 0 Å². The van der Waals surface area contributed by atoms with E-state index in [1.54, 1.807) is 24.3 Å². The molecule has 0 radical (unpaired) electrons. The van der Waals surface area contributed by atoms with Gasteiger partial charge in [-0.2, -0.15) is 4.99 Å². The average Bonchev–Trinajstić information content (AvgIpc) is 3.21. The highest BCUT2D eigenvalue weighted by Gasteiger charge is 2.40. The molecule has 2 aliphatic heterocycles. The summed E-state index contributed by atoms with van der Waals surface area (Å²) in [7, 11) is 0. The molecule has 8 nitrogen and oxygen atoms in total. The van der Waals surface area contributed by atoms with Crippen LogP contribution in [0.25, 0.3) is 0 Å².